The van der Waals surface area contributed by atoms with Gasteiger partial charge in [-0.25, -0.2) is 4.79 Å². The summed E-state index contributed by atoms with van der Waals surface area (Å²) >= 11 is 0. The average Bonchev–Trinajstić information content (AvgIpc) is 3.07. The van der Waals surface area contributed by atoms with Gasteiger partial charge in [-0.15, -0.1) is 0 Å². The van der Waals surface area contributed by atoms with Gasteiger partial charge in [0.2, 0.25) is 5.91 Å². The Bertz CT molecular complexity index is 512. The number of urea groups is 1. The van der Waals surface area contributed by atoms with Crippen molar-refractivity contribution in [1.29, 1.82) is 0 Å². The van der Waals surface area contributed by atoms with Gasteiger partial charge < -0.3 is 10.2 Å². The Morgan fingerprint density at radius 1 is 1.26 bits per heavy atom. The summed E-state index contributed by atoms with van der Waals surface area (Å²) in [5.74, 6) is -0.206. The molecule has 3 saturated heterocycles. The highest BCUT2D eigenvalue weighted by Gasteiger charge is 2.47. The van der Waals surface area contributed by atoms with Crippen LogP contribution in [0.2, 0.25) is 0 Å². The zero-order chi connectivity index (χ0) is 16.6. The lowest BCUT2D eigenvalue weighted by atomic mass is 10.00. The monoisotopic (exact) mass is 324 g/mol. The second-order valence-corrected chi connectivity index (χ2v) is 6.51. The van der Waals surface area contributed by atoms with Gasteiger partial charge in [-0.1, -0.05) is 0 Å². The molecule has 3 aliphatic heterocycles. The molecule has 1 N–H and O–H groups in total. The van der Waals surface area contributed by atoms with Gasteiger partial charge in [0.05, 0.1) is 25.7 Å². The molecule has 8 nitrogen and oxygen atoms in total. The largest absolute Gasteiger partial charge is 0.347 e. The molecule has 2 bridgehead atoms. The first-order valence-corrected chi connectivity index (χ1v) is 8.17. The Labute approximate surface area is 135 Å². The van der Waals surface area contributed by atoms with Gasteiger partial charge in [0.15, 0.2) is 5.78 Å². The molecule has 0 aromatic rings. The molecule has 0 saturated carbocycles. The van der Waals surface area contributed by atoms with Crippen molar-refractivity contribution in [2.75, 3.05) is 33.8 Å². The highest BCUT2D eigenvalue weighted by Crippen LogP contribution is 2.29. The van der Waals surface area contributed by atoms with Gasteiger partial charge in [0, 0.05) is 6.54 Å². The first-order valence-electron chi connectivity index (χ1n) is 8.17. The van der Waals surface area contributed by atoms with Crippen molar-refractivity contribution in [2.24, 2.45) is 0 Å². The number of ketones is 1. The molecule has 0 aromatic heterocycles. The minimum absolute atomic E-state index is 0.0188. The maximum atomic E-state index is 12.4. The van der Waals surface area contributed by atoms with Crippen LogP contribution in [-0.2, 0) is 14.4 Å². The van der Waals surface area contributed by atoms with Crippen LogP contribution < -0.4 is 5.32 Å². The standard InChI is InChI=1S/C15H24N4O4/c1-17-7-3-4-11(17)13(20)8-16-14(21)12-6-5-10-9-18(12)15(22)19(10)23-2/h10-12H,3-9H2,1-2H3,(H,16,21)/t10-,11+,12+/m1/s1. The van der Waals surface area contributed by atoms with Crippen molar-refractivity contribution in [1.82, 2.24) is 20.2 Å². The van der Waals surface area contributed by atoms with Gasteiger partial charge in [-0.3, -0.25) is 19.3 Å². The Morgan fingerprint density at radius 3 is 2.70 bits per heavy atom. The number of rotatable bonds is 5. The molecule has 3 aliphatic rings. The van der Waals surface area contributed by atoms with E-state index < -0.39 is 6.04 Å². The molecule has 23 heavy (non-hydrogen) atoms. The van der Waals surface area contributed by atoms with Crippen LogP contribution in [0.25, 0.3) is 0 Å². The maximum absolute atomic E-state index is 12.4. The van der Waals surface area contributed by atoms with Gasteiger partial charge in [0.25, 0.3) is 0 Å². The fourth-order valence-corrected chi connectivity index (χ4v) is 3.86. The molecule has 8 heteroatoms. The second kappa shape index (κ2) is 6.45. The smallest absolute Gasteiger partial charge is 0.345 e. The van der Waals surface area contributed by atoms with E-state index in [1.807, 2.05) is 11.9 Å². The number of amides is 3. The lowest BCUT2D eigenvalue weighted by molar-refractivity contribution is -0.129. The van der Waals surface area contributed by atoms with Gasteiger partial charge in [-0.05, 0) is 39.3 Å². The van der Waals surface area contributed by atoms with Crippen LogP contribution >= 0.6 is 0 Å². The summed E-state index contributed by atoms with van der Waals surface area (Å²) in [7, 11) is 3.40. The van der Waals surface area contributed by atoms with Crippen LogP contribution in [0.5, 0.6) is 0 Å². The van der Waals surface area contributed by atoms with E-state index >= 15 is 0 Å². The fourth-order valence-electron chi connectivity index (χ4n) is 3.86. The summed E-state index contributed by atoms with van der Waals surface area (Å²) < 4.78 is 0. The van der Waals surface area contributed by atoms with Crippen LogP contribution in [0.1, 0.15) is 25.7 Å². The van der Waals surface area contributed by atoms with Gasteiger partial charge >= 0.3 is 6.03 Å². The minimum Gasteiger partial charge on any atom is -0.347 e. The molecule has 0 aromatic carbocycles. The number of hydrogen-bond acceptors (Lipinski definition) is 5. The highest BCUT2D eigenvalue weighted by molar-refractivity contribution is 5.93. The average molecular weight is 324 g/mol. The lowest BCUT2D eigenvalue weighted by Crippen LogP contribution is -2.51. The summed E-state index contributed by atoms with van der Waals surface area (Å²) in [5, 5.41) is 4.06. The fraction of sp³-hybridized carbons (Fsp3) is 0.800. The third-order valence-electron chi connectivity index (χ3n) is 5.15. The van der Waals surface area contributed by atoms with Crippen molar-refractivity contribution < 1.29 is 19.2 Å². The number of carbonyl (C=O) groups is 3. The number of carbonyl (C=O) groups excluding carboxylic acids is 3. The quantitative estimate of drug-likeness (QED) is 0.744. The molecule has 128 valence electrons. The first-order chi connectivity index (χ1) is 11.0. The third-order valence-corrected chi connectivity index (χ3v) is 5.15. The van der Waals surface area contributed by atoms with E-state index in [-0.39, 0.29) is 36.3 Å². The summed E-state index contributed by atoms with van der Waals surface area (Å²) in [6, 6.07) is -0.848. The van der Waals surface area contributed by atoms with Crippen LogP contribution in [0.4, 0.5) is 4.79 Å². The molecule has 3 fully saturated rings. The van der Waals surface area contributed by atoms with E-state index in [1.165, 1.54) is 12.2 Å². The summed E-state index contributed by atoms with van der Waals surface area (Å²) in [6.45, 7) is 1.46. The van der Waals surface area contributed by atoms with Crippen LogP contribution in [0.3, 0.4) is 0 Å². The van der Waals surface area contributed by atoms with Crippen LogP contribution in [0, 0.1) is 0 Å². The van der Waals surface area contributed by atoms with Crippen molar-refractivity contribution in [3.8, 4) is 0 Å². The molecule has 0 spiro atoms. The number of likely N-dealkylation sites (tertiary alicyclic amines) is 1. The van der Waals surface area contributed by atoms with Gasteiger partial charge in [-0.2, -0.15) is 5.06 Å². The number of hydrogen-bond donors (Lipinski definition) is 1. The van der Waals surface area contributed by atoms with E-state index in [4.69, 9.17) is 4.84 Å². The number of hydroxylamine groups is 2. The van der Waals surface area contributed by atoms with Crippen LogP contribution in [0.15, 0.2) is 0 Å². The lowest BCUT2D eigenvalue weighted by Gasteiger charge is -2.29. The molecular formula is C15H24N4O4. The Hall–Kier alpha value is -1.67. The van der Waals surface area contributed by atoms with E-state index in [9.17, 15) is 14.4 Å². The van der Waals surface area contributed by atoms with Crippen molar-refractivity contribution in [2.45, 2.75) is 43.8 Å². The Morgan fingerprint density at radius 2 is 2.04 bits per heavy atom. The van der Waals surface area contributed by atoms with Crippen molar-refractivity contribution in [3.05, 3.63) is 0 Å². The first kappa shape index (κ1) is 16.2. The molecule has 0 unspecified atom stereocenters. The number of Topliss-reactive ketones (excluding diaryl/α,β-unsaturated/α-hetero) is 1. The normalized spacial score (nSPS) is 30.9. The van der Waals surface area contributed by atoms with Crippen molar-refractivity contribution in [3.63, 3.8) is 0 Å². The Balaban J connectivity index is 1.55. The summed E-state index contributed by atoms with van der Waals surface area (Å²) in [4.78, 5) is 45.5. The second-order valence-electron chi connectivity index (χ2n) is 6.51. The number of likely N-dealkylation sites (N-methyl/N-ethyl adjacent to an activating group) is 1. The molecular weight excluding hydrogens is 300 g/mol. The Kier molecular flexibility index (Phi) is 4.54. The van der Waals surface area contributed by atoms with Gasteiger partial charge in [0.1, 0.15) is 6.04 Å². The molecule has 3 heterocycles. The van der Waals surface area contributed by atoms with Crippen molar-refractivity contribution >= 4 is 17.7 Å². The highest BCUT2D eigenvalue weighted by atomic mass is 16.7. The third kappa shape index (κ3) is 2.92. The van der Waals surface area contributed by atoms with E-state index in [1.54, 1.807) is 4.90 Å². The molecule has 3 atom stereocenters. The predicted octanol–water partition coefficient (Wildman–Crippen LogP) is -0.404. The topological polar surface area (TPSA) is 82.2 Å². The predicted molar refractivity (Wildman–Crippen MR) is 81.4 cm³/mol. The van der Waals surface area contributed by atoms with E-state index in [2.05, 4.69) is 5.32 Å². The molecule has 3 amide bonds. The molecule has 0 aliphatic carbocycles. The number of fused-ring (bicyclic) bond motifs is 2. The maximum Gasteiger partial charge on any atom is 0.345 e. The summed E-state index contributed by atoms with van der Waals surface area (Å²) in [5.41, 5.74) is 0. The summed E-state index contributed by atoms with van der Waals surface area (Å²) in [6.07, 6.45) is 3.19. The molecule has 0 radical (unpaired) electrons. The zero-order valence-electron chi connectivity index (χ0n) is 13.7. The van der Waals surface area contributed by atoms with E-state index in [0.717, 1.165) is 25.8 Å². The van der Waals surface area contributed by atoms with Crippen LogP contribution in [-0.4, -0.2) is 84.5 Å². The molecule has 3 rings (SSSR count). The number of piperidine rings is 1. The van der Waals surface area contributed by atoms with E-state index in [0.29, 0.717) is 13.0 Å². The minimum atomic E-state index is -0.506. The zero-order valence-corrected chi connectivity index (χ0v) is 13.7. The number of nitrogens with zero attached hydrogens (tertiary/aromatic N) is 3. The number of nitrogens with one attached hydrogen (secondary N) is 1. The SMILES string of the molecule is CON1C(=O)N2C[C@H]1CC[C@H]2C(=O)NCC(=O)[C@@H]1CCCN1C.